The number of nitrogens with zero attached hydrogens (tertiary/aromatic N) is 1. The summed E-state index contributed by atoms with van der Waals surface area (Å²) in [6.07, 6.45) is -16.2. The maximum atomic E-state index is 13.3. The van der Waals surface area contributed by atoms with Gasteiger partial charge in [0.15, 0.2) is 11.9 Å². The van der Waals surface area contributed by atoms with E-state index in [9.17, 15) is 40.7 Å². The smallest absolute Gasteiger partial charge is 0.369 e. The molecule has 6 nitrogen and oxygen atoms in total. The van der Waals surface area contributed by atoms with Crippen LogP contribution in [0.2, 0.25) is 0 Å². The van der Waals surface area contributed by atoms with Gasteiger partial charge in [-0.15, -0.1) is 0 Å². The molecule has 39 heavy (non-hydrogen) atoms. The molecule has 210 valence electrons. The van der Waals surface area contributed by atoms with E-state index in [0.717, 1.165) is 5.56 Å². The van der Waals surface area contributed by atoms with E-state index in [1.165, 1.54) is 0 Å². The molecule has 0 saturated heterocycles. The van der Waals surface area contributed by atoms with Crippen LogP contribution in [0.1, 0.15) is 47.9 Å². The molecular weight excluding hydrogens is 528 g/mol. The molecule has 2 aromatic carbocycles. The van der Waals surface area contributed by atoms with Crippen LogP contribution in [0.5, 0.6) is 0 Å². The van der Waals surface area contributed by atoms with Crippen LogP contribution in [-0.4, -0.2) is 41.8 Å². The minimum Gasteiger partial charge on any atom is -0.369 e. The number of halogens is 6. The molecule has 3 atom stereocenters. The molecule has 0 spiro atoms. The second kappa shape index (κ2) is 12.0. The average molecular weight is 556 g/mol. The number of hydrogen-bond acceptors (Lipinski definition) is 4. The molecule has 2 amide bonds. The molecule has 3 N–H and O–H groups in total. The molecule has 1 aliphatic heterocycles. The van der Waals surface area contributed by atoms with Crippen LogP contribution in [0, 0.1) is 18.8 Å². The third-order valence-corrected chi connectivity index (χ3v) is 6.57. The number of amides is 2. The zero-order valence-corrected chi connectivity index (χ0v) is 20.9. The molecular formula is C27H27F6N3O3. The molecule has 0 bridgehead atoms. The molecule has 0 radical (unpaired) electrons. The highest BCUT2D eigenvalue weighted by atomic mass is 19.4. The molecule has 0 unspecified atom stereocenters. The summed E-state index contributed by atoms with van der Waals surface area (Å²) in [4.78, 5) is 42.9. The van der Waals surface area contributed by atoms with Crippen LogP contribution in [0.15, 0.2) is 53.5 Å². The Morgan fingerprint density at radius 1 is 0.949 bits per heavy atom. The largest absolute Gasteiger partial charge is 0.389 e. The van der Waals surface area contributed by atoms with Gasteiger partial charge in [-0.25, -0.2) is 0 Å². The third kappa shape index (κ3) is 8.14. The predicted molar refractivity (Wildman–Crippen MR) is 131 cm³/mol. The number of carbonyl (C=O) groups is 3. The van der Waals surface area contributed by atoms with Gasteiger partial charge >= 0.3 is 12.4 Å². The zero-order valence-electron chi connectivity index (χ0n) is 20.9. The van der Waals surface area contributed by atoms with Gasteiger partial charge in [0.1, 0.15) is 0 Å². The van der Waals surface area contributed by atoms with E-state index in [2.05, 4.69) is 10.3 Å². The molecule has 0 aliphatic carbocycles. The molecule has 1 aliphatic rings. The van der Waals surface area contributed by atoms with Crippen molar-refractivity contribution in [2.24, 2.45) is 22.6 Å². The van der Waals surface area contributed by atoms with Gasteiger partial charge in [-0.3, -0.25) is 19.4 Å². The second-order valence-corrected chi connectivity index (χ2v) is 9.42. The van der Waals surface area contributed by atoms with Crippen LogP contribution < -0.4 is 11.1 Å². The lowest BCUT2D eigenvalue weighted by Gasteiger charge is -2.26. The number of benzene rings is 2. The number of rotatable bonds is 9. The third-order valence-electron chi connectivity index (χ3n) is 6.57. The van der Waals surface area contributed by atoms with E-state index < -0.39 is 73.6 Å². The van der Waals surface area contributed by atoms with Crippen molar-refractivity contribution >= 4 is 23.3 Å². The number of aryl methyl sites for hydroxylation is 1. The number of carbonyl (C=O) groups excluding carboxylic acids is 3. The first kappa shape index (κ1) is 29.9. The fourth-order valence-corrected chi connectivity index (χ4v) is 4.58. The van der Waals surface area contributed by atoms with Crippen molar-refractivity contribution in [3.8, 4) is 0 Å². The lowest BCUT2D eigenvalue weighted by molar-refractivity contribution is -0.152. The Labute approximate surface area is 220 Å². The number of nitrogens with two attached hydrogens (primary N) is 1. The van der Waals surface area contributed by atoms with E-state index in [0.29, 0.717) is 22.4 Å². The van der Waals surface area contributed by atoms with E-state index in [1.54, 1.807) is 55.5 Å². The standard InChI is InChI=1S/C27H27F6N3O3/c1-15-6-5-9-17-20(15)14-21(37)24(35-22(17)16-7-3-2-4-8-16)36-25(39)19(11-13-27(31,32)33)18(23(34)38)10-12-26(28,29)30/h2-9,18-19,24H,10-14H2,1H3,(H2,34,38)(H,36,39)/t18-,19+,24+/m0/s1. The molecule has 0 fully saturated rings. The highest BCUT2D eigenvalue weighted by Gasteiger charge is 2.40. The van der Waals surface area contributed by atoms with Gasteiger partial charge in [0, 0.05) is 42.2 Å². The van der Waals surface area contributed by atoms with Crippen molar-refractivity contribution in [3.63, 3.8) is 0 Å². The van der Waals surface area contributed by atoms with Gasteiger partial charge in [-0.05, 0) is 30.9 Å². The van der Waals surface area contributed by atoms with Crippen molar-refractivity contribution < 1.29 is 40.7 Å². The number of primary amides is 1. The van der Waals surface area contributed by atoms with Gasteiger partial charge in [0.05, 0.1) is 5.71 Å². The van der Waals surface area contributed by atoms with Crippen LogP contribution in [0.3, 0.4) is 0 Å². The maximum Gasteiger partial charge on any atom is 0.389 e. The van der Waals surface area contributed by atoms with E-state index in [-0.39, 0.29) is 6.42 Å². The van der Waals surface area contributed by atoms with Crippen molar-refractivity contribution in [2.75, 3.05) is 0 Å². The molecule has 0 aromatic heterocycles. The molecule has 0 saturated carbocycles. The molecule has 1 heterocycles. The van der Waals surface area contributed by atoms with Gasteiger partial charge in [0.25, 0.3) is 0 Å². The Bertz CT molecular complexity index is 1240. The van der Waals surface area contributed by atoms with Gasteiger partial charge in [-0.1, -0.05) is 48.5 Å². The fourth-order valence-electron chi connectivity index (χ4n) is 4.58. The summed E-state index contributed by atoms with van der Waals surface area (Å²) in [5.41, 5.74) is 8.24. The van der Waals surface area contributed by atoms with E-state index in [4.69, 9.17) is 5.73 Å². The van der Waals surface area contributed by atoms with Gasteiger partial charge in [0.2, 0.25) is 11.8 Å². The Hall–Kier alpha value is -3.70. The number of aliphatic imine (C=N–C) groups is 1. The summed E-state index contributed by atoms with van der Waals surface area (Å²) in [6, 6.07) is 14.0. The summed E-state index contributed by atoms with van der Waals surface area (Å²) in [5, 5.41) is 2.30. The minimum absolute atomic E-state index is 0.159. The van der Waals surface area contributed by atoms with Crippen LogP contribution in [0.4, 0.5) is 26.3 Å². The van der Waals surface area contributed by atoms with Crippen LogP contribution in [-0.2, 0) is 20.8 Å². The lowest BCUT2D eigenvalue weighted by Crippen LogP contribution is -2.47. The number of ketones is 1. The Balaban J connectivity index is 1.99. The highest BCUT2D eigenvalue weighted by Crippen LogP contribution is 2.33. The normalized spacial score (nSPS) is 17.5. The maximum absolute atomic E-state index is 13.3. The van der Waals surface area contributed by atoms with E-state index >= 15 is 0 Å². The van der Waals surface area contributed by atoms with Crippen molar-refractivity contribution in [2.45, 2.75) is 57.5 Å². The monoisotopic (exact) mass is 555 g/mol. The number of fused-ring (bicyclic) bond motifs is 1. The summed E-state index contributed by atoms with van der Waals surface area (Å²) >= 11 is 0. The lowest BCUT2D eigenvalue weighted by atomic mass is 9.83. The highest BCUT2D eigenvalue weighted by molar-refractivity contribution is 6.16. The summed E-state index contributed by atoms with van der Waals surface area (Å²) < 4.78 is 77.6. The first-order valence-corrected chi connectivity index (χ1v) is 12.1. The Morgan fingerprint density at radius 3 is 2.10 bits per heavy atom. The minimum atomic E-state index is -4.75. The van der Waals surface area contributed by atoms with Crippen molar-refractivity contribution in [1.82, 2.24) is 5.32 Å². The van der Waals surface area contributed by atoms with Crippen molar-refractivity contribution in [1.29, 1.82) is 0 Å². The molecule has 12 heteroatoms. The summed E-state index contributed by atoms with van der Waals surface area (Å²) in [6.45, 7) is 1.79. The number of nitrogens with one attached hydrogen (secondary N) is 1. The topological polar surface area (TPSA) is 102 Å². The Kier molecular flexibility index (Phi) is 9.18. The van der Waals surface area contributed by atoms with Gasteiger partial charge in [-0.2, -0.15) is 26.3 Å². The number of Topliss-reactive ketones (excluding diaryl/α,β-unsaturated/α-hetero) is 1. The number of alkyl halides is 6. The second-order valence-electron chi connectivity index (χ2n) is 9.42. The molecule has 3 rings (SSSR count). The Morgan fingerprint density at radius 2 is 1.54 bits per heavy atom. The van der Waals surface area contributed by atoms with Gasteiger partial charge < -0.3 is 11.1 Å². The SMILES string of the molecule is Cc1cccc2c1CC(=O)[C@@H](NC(=O)[C@H](CCC(F)(F)F)[C@H](CCC(F)(F)F)C(N)=O)N=C2c1ccccc1. The van der Waals surface area contributed by atoms with Crippen LogP contribution >= 0.6 is 0 Å². The summed E-state index contributed by atoms with van der Waals surface area (Å²) in [5.74, 6) is -6.83. The average Bonchev–Trinajstić information content (AvgIpc) is 2.97. The van der Waals surface area contributed by atoms with Crippen molar-refractivity contribution in [3.05, 3.63) is 70.8 Å². The van der Waals surface area contributed by atoms with E-state index in [1.807, 2.05) is 0 Å². The first-order chi connectivity index (χ1) is 18.2. The first-order valence-electron chi connectivity index (χ1n) is 12.1. The van der Waals surface area contributed by atoms with Crippen LogP contribution in [0.25, 0.3) is 0 Å². The fraction of sp³-hybridized carbons (Fsp3) is 0.407. The quantitative estimate of drug-likeness (QED) is 0.435. The summed E-state index contributed by atoms with van der Waals surface area (Å²) in [7, 11) is 0. The number of hydrogen-bond donors (Lipinski definition) is 2. The molecule has 2 aromatic rings. The zero-order chi connectivity index (χ0) is 29.0. The predicted octanol–water partition coefficient (Wildman–Crippen LogP) is 4.80.